The zero-order chi connectivity index (χ0) is 25.5. The third kappa shape index (κ3) is 6.01. The minimum atomic E-state index is -1.27. The van der Waals surface area contributed by atoms with E-state index in [-0.39, 0.29) is 26.2 Å². The largest absolute Gasteiger partial charge is 0.482 e. The van der Waals surface area contributed by atoms with Crippen molar-refractivity contribution in [2.24, 2.45) is 0 Å². The molecule has 1 aliphatic carbocycles. The Labute approximate surface area is 209 Å². The van der Waals surface area contributed by atoms with E-state index in [1.54, 1.807) is 43.3 Å². The van der Waals surface area contributed by atoms with Crippen LogP contribution in [0.2, 0.25) is 0 Å². The fourth-order valence-corrected chi connectivity index (χ4v) is 4.25. The number of halogens is 1. The Morgan fingerprint density at radius 3 is 2.42 bits per heavy atom. The van der Waals surface area contributed by atoms with Gasteiger partial charge in [0.2, 0.25) is 0 Å². The first-order valence-electron chi connectivity index (χ1n) is 11.8. The average molecular weight is 494 g/mol. The normalized spacial score (nSPS) is 16.5. The van der Waals surface area contributed by atoms with Crippen LogP contribution >= 0.6 is 0 Å². The summed E-state index contributed by atoms with van der Waals surface area (Å²) >= 11 is 0. The number of carbonyl (C=O) groups excluding carboxylic acids is 2. The number of rotatable bonds is 8. The van der Waals surface area contributed by atoms with Gasteiger partial charge in [0, 0.05) is 6.42 Å². The van der Waals surface area contributed by atoms with Crippen LogP contribution in [0.1, 0.15) is 24.5 Å². The minimum Gasteiger partial charge on any atom is -0.482 e. The SMILES string of the molecule is CCOC(=O)COc1cccc2c1CCC(O)(COC(=O)N(c1ccccc1)c1ccc(F)cc1)C2. The number of fused-ring (bicyclic) bond motifs is 1. The number of anilines is 2. The van der Waals surface area contributed by atoms with Gasteiger partial charge in [0.25, 0.3) is 0 Å². The van der Waals surface area contributed by atoms with E-state index in [1.165, 1.54) is 29.2 Å². The van der Waals surface area contributed by atoms with Gasteiger partial charge < -0.3 is 19.3 Å². The molecule has 0 spiro atoms. The number of aliphatic hydroxyl groups is 1. The molecule has 3 aromatic rings. The highest BCUT2D eigenvalue weighted by atomic mass is 19.1. The summed E-state index contributed by atoms with van der Waals surface area (Å²) in [7, 11) is 0. The van der Waals surface area contributed by atoms with Gasteiger partial charge in [0.1, 0.15) is 23.8 Å². The van der Waals surface area contributed by atoms with Gasteiger partial charge in [-0.25, -0.2) is 18.9 Å². The fraction of sp³-hybridized carbons (Fsp3) is 0.286. The zero-order valence-corrected chi connectivity index (χ0v) is 20.0. The minimum absolute atomic E-state index is 0.190. The van der Waals surface area contributed by atoms with Crippen LogP contribution in [-0.2, 0) is 27.1 Å². The molecule has 36 heavy (non-hydrogen) atoms. The number of amides is 1. The molecule has 0 bridgehead atoms. The monoisotopic (exact) mass is 493 g/mol. The lowest BCUT2D eigenvalue weighted by atomic mass is 9.80. The Morgan fingerprint density at radius 1 is 0.972 bits per heavy atom. The fourth-order valence-electron chi connectivity index (χ4n) is 4.25. The number of benzene rings is 3. The molecule has 8 heteroatoms. The van der Waals surface area contributed by atoms with Crippen LogP contribution in [0.5, 0.6) is 5.75 Å². The summed E-state index contributed by atoms with van der Waals surface area (Å²) in [5.74, 6) is -0.287. The first-order chi connectivity index (χ1) is 17.4. The number of hydrogen-bond donors (Lipinski definition) is 1. The van der Waals surface area contributed by atoms with E-state index >= 15 is 0 Å². The topological polar surface area (TPSA) is 85.3 Å². The van der Waals surface area contributed by atoms with Crippen molar-refractivity contribution in [1.29, 1.82) is 0 Å². The molecule has 0 aliphatic heterocycles. The Hall–Kier alpha value is -3.91. The number of hydrogen-bond acceptors (Lipinski definition) is 6. The van der Waals surface area contributed by atoms with Crippen molar-refractivity contribution in [3.05, 3.63) is 89.7 Å². The molecule has 0 saturated heterocycles. The van der Waals surface area contributed by atoms with Gasteiger partial charge in [0.15, 0.2) is 6.61 Å². The quantitative estimate of drug-likeness (QED) is 0.447. The highest BCUT2D eigenvalue weighted by molar-refractivity contribution is 5.95. The molecule has 0 saturated carbocycles. The maximum Gasteiger partial charge on any atom is 0.419 e. The van der Waals surface area contributed by atoms with Crippen LogP contribution < -0.4 is 9.64 Å². The summed E-state index contributed by atoms with van der Waals surface area (Å²) in [6, 6.07) is 19.9. The predicted molar refractivity (Wildman–Crippen MR) is 132 cm³/mol. The Kier molecular flexibility index (Phi) is 7.85. The van der Waals surface area contributed by atoms with Crippen LogP contribution in [0.4, 0.5) is 20.6 Å². The molecule has 3 aromatic carbocycles. The van der Waals surface area contributed by atoms with Crippen molar-refractivity contribution in [3.8, 4) is 5.75 Å². The van der Waals surface area contributed by atoms with Crippen LogP contribution in [0.3, 0.4) is 0 Å². The number of para-hydroxylation sites is 1. The number of nitrogens with zero attached hydrogens (tertiary/aromatic N) is 1. The van der Waals surface area contributed by atoms with Crippen LogP contribution in [0.15, 0.2) is 72.8 Å². The Morgan fingerprint density at radius 2 is 1.69 bits per heavy atom. The third-order valence-electron chi connectivity index (χ3n) is 5.99. The number of ether oxygens (including phenoxy) is 3. The van der Waals surface area contributed by atoms with Gasteiger partial charge in [-0.2, -0.15) is 0 Å². The van der Waals surface area contributed by atoms with Gasteiger partial charge in [-0.15, -0.1) is 0 Å². The first kappa shape index (κ1) is 25.2. The maximum absolute atomic E-state index is 13.5. The number of carbonyl (C=O) groups is 2. The summed E-state index contributed by atoms with van der Waals surface area (Å²) in [6.45, 7) is 1.60. The van der Waals surface area contributed by atoms with Crippen LogP contribution in [0.25, 0.3) is 0 Å². The summed E-state index contributed by atoms with van der Waals surface area (Å²) in [6.07, 6.45) is 0.407. The van der Waals surface area contributed by atoms with Crippen molar-refractivity contribution in [3.63, 3.8) is 0 Å². The van der Waals surface area contributed by atoms with E-state index in [4.69, 9.17) is 14.2 Å². The Balaban J connectivity index is 1.45. The molecule has 1 unspecified atom stereocenters. The molecule has 4 rings (SSSR count). The van der Waals surface area contributed by atoms with Gasteiger partial charge in [-0.1, -0.05) is 30.3 Å². The highest BCUT2D eigenvalue weighted by Crippen LogP contribution is 2.35. The lowest BCUT2D eigenvalue weighted by Gasteiger charge is -2.34. The Bertz CT molecular complexity index is 1200. The van der Waals surface area contributed by atoms with Gasteiger partial charge in [-0.3, -0.25) is 0 Å². The zero-order valence-electron chi connectivity index (χ0n) is 20.0. The molecule has 0 radical (unpaired) electrons. The van der Waals surface area contributed by atoms with Gasteiger partial charge in [-0.05, 0) is 73.4 Å². The van der Waals surface area contributed by atoms with E-state index in [0.29, 0.717) is 30.0 Å². The first-order valence-corrected chi connectivity index (χ1v) is 11.8. The highest BCUT2D eigenvalue weighted by Gasteiger charge is 2.35. The molecule has 188 valence electrons. The lowest BCUT2D eigenvalue weighted by molar-refractivity contribution is -0.145. The van der Waals surface area contributed by atoms with E-state index in [2.05, 4.69) is 0 Å². The predicted octanol–water partition coefficient (Wildman–Crippen LogP) is 4.96. The summed E-state index contributed by atoms with van der Waals surface area (Å²) in [4.78, 5) is 26.1. The van der Waals surface area contributed by atoms with Crippen molar-refractivity contribution in [2.45, 2.75) is 31.8 Å². The molecular weight excluding hydrogens is 465 g/mol. The molecule has 0 fully saturated rings. The van der Waals surface area contributed by atoms with Crippen molar-refractivity contribution >= 4 is 23.4 Å². The van der Waals surface area contributed by atoms with E-state index in [0.717, 1.165) is 11.1 Å². The average Bonchev–Trinajstić information content (AvgIpc) is 2.88. The van der Waals surface area contributed by atoms with Crippen LogP contribution in [-0.4, -0.2) is 42.6 Å². The molecular formula is C28H28FNO6. The molecule has 0 aromatic heterocycles. The standard InChI is InChI=1S/C28H28FNO6/c1-2-34-26(31)18-35-25-10-6-7-20-17-28(33,16-15-24(20)25)19-36-27(32)30(22-8-4-3-5-9-22)23-13-11-21(29)12-14-23/h3-14,33H,2,15-19H2,1H3. The van der Waals surface area contributed by atoms with Gasteiger partial charge in [0.05, 0.1) is 18.0 Å². The molecule has 1 aliphatic rings. The van der Waals surface area contributed by atoms with Crippen molar-refractivity contribution < 1.29 is 33.3 Å². The van der Waals surface area contributed by atoms with E-state index in [1.807, 2.05) is 12.1 Å². The molecule has 1 N–H and O–H groups in total. The number of esters is 1. The second kappa shape index (κ2) is 11.2. The second-order valence-electron chi connectivity index (χ2n) is 8.59. The smallest absolute Gasteiger partial charge is 0.419 e. The third-order valence-corrected chi connectivity index (χ3v) is 5.99. The second-order valence-corrected chi connectivity index (χ2v) is 8.59. The van der Waals surface area contributed by atoms with E-state index < -0.39 is 23.5 Å². The van der Waals surface area contributed by atoms with Crippen molar-refractivity contribution in [2.75, 3.05) is 24.7 Å². The summed E-state index contributed by atoms with van der Waals surface area (Å²) in [5.41, 5.74) is 1.50. The van der Waals surface area contributed by atoms with E-state index in [9.17, 15) is 19.1 Å². The maximum atomic E-state index is 13.5. The molecule has 1 amide bonds. The molecule has 0 heterocycles. The summed E-state index contributed by atoms with van der Waals surface area (Å²) in [5, 5.41) is 11.2. The lowest BCUT2D eigenvalue weighted by Crippen LogP contribution is -2.42. The van der Waals surface area contributed by atoms with Gasteiger partial charge >= 0.3 is 12.1 Å². The molecule has 7 nitrogen and oxygen atoms in total. The summed E-state index contributed by atoms with van der Waals surface area (Å²) < 4.78 is 29.6. The van der Waals surface area contributed by atoms with Crippen molar-refractivity contribution in [1.82, 2.24) is 0 Å². The molecule has 1 atom stereocenters. The van der Waals surface area contributed by atoms with Crippen LogP contribution in [0, 0.1) is 5.82 Å².